The quantitative estimate of drug-likeness (QED) is 0.673. The molecule has 0 heterocycles. The summed E-state index contributed by atoms with van der Waals surface area (Å²) < 4.78 is 24.6. The number of hydrogen-bond acceptors (Lipinski definition) is 2. The first-order valence-corrected chi connectivity index (χ1v) is 5.74. The Morgan fingerprint density at radius 2 is 1.93 bits per heavy atom. The van der Waals surface area contributed by atoms with Crippen LogP contribution in [0.1, 0.15) is 0 Å². The fourth-order valence-electron chi connectivity index (χ4n) is 1.07. The van der Waals surface area contributed by atoms with Gasteiger partial charge < -0.3 is 0 Å². The first kappa shape index (κ1) is 11.3. The molecule has 3 nitrogen and oxygen atoms in total. The molecule has 0 aliphatic rings. The molecule has 0 N–H and O–H groups in total. The van der Waals surface area contributed by atoms with E-state index in [1.807, 2.05) is 20.2 Å². The molecule has 0 saturated carbocycles. The maximum Gasteiger partial charge on any atom is 0.242 e. The molecule has 1 radical (unpaired) electrons. The highest BCUT2D eigenvalue weighted by molar-refractivity contribution is 7.89. The van der Waals surface area contributed by atoms with Gasteiger partial charge in [0.25, 0.3) is 0 Å². The van der Waals surface area contributed by atoms with Crippen LogP contribution in [0, 0.1) is 0 Å². The summed E-state index contributed by atoms with van der Waals surface area (Å²) in [6.45, 7) is 1.88. The van der Waals surface area contributed by atoms with Gasteiger partial charge in [0.1, 0.15) is 7.28 Å². The summed E-state index contributed by atoms with van der Waals surface area (Å²) in [5, 5.41) is 0. The van der Waals surface area contributed by atoms with E-state index < -0.39 is 10.0 Å². The van der Waals surface area contributed by atoms with Crippen molar-refractivity contribution < 1.29 is 8.42 Å². The van der Waals surface area contributed by atoms with Gasteiger partial charge in [-0.1, -0.05) is 24.4 Å². The minimum absolute atomic E-state index is 0.332. The third kappa shape index (κ3) is 2.16. The van der Waals surface area contributed by atoms with Gasteiger partial charge in [0.15, 0.2) is 0 Å². The van der Waals surface area contributed by atoms with Crippen LogP contribution >= 0.6 is 0 Å². The molecule has 0 aliphatic carbocycles. The van der Waals surface area contributed by atoms with Crippen molar-refractivity contribution >= 4 is 22.8 Å². The molecule has 5 heteroatoms. The Kier molecular flexibility index (Phi) is 3.34. The minimum atomic E-state index is -3.30. The third-order valence-electron chi connectivity index (χ3n) is 1.97. The maximum absolute atomic E-state index is 11.7. The molecule has 0 unspecified atom stereocenters. The summed E-state index contributed by atoms with van der Waals surface area (Å²) in [5.74, 6) is 0. The normalized spacial score (nSPS) is 11.7. The van der Waals surface area contributed by atoms with Crippen LogP contribution in [-0.4, -0.2) is 34.1 Å². The first-order chi connectivity index (χ1) is 6.48. The van der Waals surface area contributed by atoms with E-state index in [9.17, 15) is 8.42 Å². The second-order valence-corrected chi connectivity index (χ2v) is 5.30. The molecular weight excluding hydrogens is 197 g/mol. The second-order valence-electron chi connectivity index (χ2n) is 3.15. The van der Waals surface area contributed by atoms with Crippen molar-refractivity contribution in [2.24, 2.45) is 0 Å². The minimum Gasteiger partial charge on any atom is -0.207 e. The van der Waals surface area contributed by atoms with E-state index in [2.05, 4.69) is 0 Å². The molecule has 0 aromatic heterocycles. The van der Waals surface area contributed by atoms with Crippen LogP contribution in [0.15, 0.2) is 29.2 Å². The Labute approximate surface area is 86.0 Å². The summed E-state index contributed by atoms with van der Waals surface area (Å²) in [6, 6.07) is 6.87. The zero-order valence-electron chi connectivity index (χ0n) is 8.56. The van der Waals surface area contributed by atoms with Crippen LogP contribution in [-0.2, 0) is 10.0 Å². The summed E-state index contributed by atoms with van der Waals surface area (Å²) in [4.78, 5) is 0.332. The van der Waals surface area contributed by atoms with E-state index in [-0.39, 0.29) is 0 Å². The van der Waals surface area contributed by atoms with Crippen molar-refractivity contribution in [1.82, 2.24) is 4.31 Å². The molecule has 14 heavy (non-hydrogen) atoms. The monoisotopic (exact) mass is 210 g/mol. The standard InChI is InChI=1S/C9H13BNO2S/c1-10-8-5-4-6-9(7-8)14(12,13)11(2)3/h4-7H,1-3H3. The lowest BCUT2D eigenvalue weighted by molar-refractivity contribution is 0.521. The Morgan fingerprint density at radius 1 is 1.29 bits per heavy atom. The lowest BCUT2D eigenvalue weighted by Crippen LogP contribution is -2.23. The van der Waals surface area contributed by atoms with Crippen LogP contribution in [0.3, 0.4) is 0 Å². The highest BCUT2D eigenvalue weighted by Gasteiger charge is 2.16. The van der Waals surface area contributed by atoms with Gasteiger partial charge in [-0.05, 0) is 12.1 Å². The number of sulfonamides is 1. The number of rotatable bonds is 3. The second kappa shape index (κ2) is 4.15. The van der Waals surface area contributed by atoms with Crippen molar-refractivity contribution in [2.45, 2.75) is 11.7 Å². The van der Waals surface area contributed by atoms with Crippen molar-refractivity contribution in [1.29, 1.82) is 0 Å². The Balaban J connectivity index is 3.20. The third-order valence-corrected chi connectivity index (χ3v) is 3.78. The van der Waals surface area contributed by atoms with Gasteiger partial charge in [-0.2, -0.15) is 0 Å². The Bertz CT molecular complexity index is 415. The molecule has 0 spiro atoms. The van der Waals surface area contributed by atoms with E-state index in [0.29, 0.717) is 4.90 Å². The predicted molar refractivity (Wildman–Crippen MR) is 58.6 cm³/mol. The highest BCUT2D eigenvalue weighted by atomic mass is 32.2. The summed E-state index contributed by atoms with van der Waals surface area (Å²) in [7, 11) is 1.62. The Morgan fingerprint density at radius 3 is 2.43 bits per heavy atom. The van der Waals surface area contributed by atoms with Gasteiger partial charge >= 0.3 is 0 Å². The van der Waals surface area contributed by atoms with Gasteiger partial charge in [-0.3, -0.25) is 0 Å². The van der Waals surface area contributed by atoms with Crippen molar-refractivity contribution in [2.75, 3.05) is 14.1 Å². The summed E-state index contributed by atoms with van der Waals surface area (Å²) >= 11 is 0. The molecule has 1 rings (SSSR count). The van der Waals surface area contributed by atoms with Crippen molar-refractivity contribution in [3.8, 4) is 0 Å². The van der Waals surface area contributed by atoms with Crippen LogP contribution in [0.5, 0.6) is 0 Å². The first-order valence-electron chi connectivity index (χ1n) is 4.30. The van der Waals surface area contributed by atoms with Gasteiger partial charge in [0.2, 0.25) is 10.0 Å². The molecule has 1 aromatic rings. The van der Waals surface area contributed by atoms with E-state index in [1.165, 1.54) is 18.4 Å². The van der Waals surface area contributed by atoms with E-state index in [0.717, 1.165) is 5.46 Å². The van der Waals surface area contributed by atoms with E-state index in [4.69, 9.17) is 0 Å². The van der Waals surface area contributed by atoms with Crippen molar-refractivity contribution in [3.63, 3.8) is 0 Å². The number of hydrogen-bond donors (Lipinski definition) is 0. The van der Waals surface area contributed by atoms with Crippen LogP contribution in [0.25, 0.3) is 0 Å². The van der Waals surface area contributed by atoms with Gasteiger partial charge in [0.05, 0.1) is 4.90 Å². The van der Waals surface area contributed by atoms with Crippen LogP contribution < -0.4 is 5.46 Å². The lowest BCUT2D eigenvalue weighted by Gasteiger charge is -2.11. The largest absolute Gasteiger partial charge is 0.242 e. The zero-order chi connectivity index (χ0) is 10.8. The molecule has 0 fully saturated rings. The molecule has 0 bridgehead atoms. The van der Waals surface area contributed by atoms with E-state index >= 15 is 0 Å². The van der Waals surface area contributed by atoms with Crippen LogP contribution in [0.2, 0.25) is 6.82 Å². The summed E-state index contributed by atoms with van der Waals surface area (Å²) in [6.07, 6.45) is 0. The molecule has 0 aliphatic heterocycles. The number of benzene rings is 1. The predicted octanol–water partition coefficient (Wildman–Crippen LogP) is 0.314. The summed E-state index contributed by atoms with van der Waals surface area (Å²) in [5.41, 5.74) is 0.910. The molecule has 75 valence electrons. The van der Waals surface area contributed by atoms with Gasteiger partial charge in [-0.25, -0.2) is 12.7 Å². The smallest absolute Gasteiger partial charge is 0.207 e. The van der Waals surface area contributed by atoms with Crippen molar-refractivity contribution in [3.05, 3.63) is 24.3 Å². The fourth-order valence-corrected chi connectivity index (χ4v) is 2.02. The van der Waals surface area contributed by atoms with Gasteiger partial charge in [-0.15, -0.1) is 0 Å². The average Bonchev–Trinajstić information content (AvgIpc) is 2.17. The topological polar surface area (TPSA) is 37.4 Å². The van der Waals surface area contributed by atoms with E-state index in [1.54, 1.807) is 18.2 Å². The highest BCUT2D eigenvalue weighted by Crippen LogP contribution is 2.10. The Hall–Kier alpha value is -0.805. The molecule has 1 aromatic carbocycles. The molecule has 0 atom stereocenters. The molecule has 0 saturated heterocycles. The SMILES string of the molecule is C[B]c1cccc(S(=O)(=O)N(C)C)c1. The lowest BCUT2D eigenvalue weighted by atomic mass is 9.74. The zero-order valence-corrected chi connectivity index (χ0v) is 9.38. The number of nitrogens with zero attached hydrogens (tertiary/aromatic N) is 1. The average molecular weight is 210 g/mol. The molecular formula is C9H13BNO2S. The maximum atomic E-state index is 11.7. The van der Waals surface area contributed by atoms with Gasteiger partial charge in [0, 0.05) is 14.1 Å². The van der Waals surface area contributed by atoms with Crippen LogP contribution in [0.4, 0.5) is 0 Å². The molecule has 0 amide bonds. The fraction of sp³-hybridized carbons (Fsp3) is 0.333.